The van der Waals surface area contributed by atoms with Crippen LogP contribution in [-0.2, 0) is 10.1 Å². The van der Waals surface area contributed by atoms with Crippen LogP contribution in [0.25, 0.3) is 11.0 Å². The second kappa shape index (κ2) is 8.02. The van der Waals surface area contributed by atoms with Crippen molar-refractivity contribution in [3.8, 4) is 17.2 Å². The average molecular weight is 430 g/mol. The standard InChI is InChI=1S/C22H22O7S/c1-14-7-9-16(10-8-14)30(24,25)29-19-13-20(23)28-21-17(19)11-12-18(26-2)22(21)27-15-5-3-4-6-15/h7-13,15H,3-6H2,1-2H3. The highest BCUT2D eigenvalue weighted by Crippen LogP contribution is 2.40. The summed E-state index contributed by atoms with van der Waals surface area (Å²) in [6, 6.07) is 10.5. The number of methoxy groups -OCH3 is 1. The maximum Gasteiger partial charge on any atom is 0.340 e. The highest BCUT2D eigenvalue weighted by Gasteiger charge is 2.25. The Hall–Kier alpha value is -3.00. The fourth-order valence-corrected chi connectivity index (χ4v) is 4.48. The van der Waals surface area contributed by atoms with E-state index in [1.807, 2.05) is 6.92 Å². The highest BCUT2D eigenvalue weighted by atomic mass is 32.2. The predicted octanol–water partition coefficient (Wildman–Crippen LogP) is 4.20. The molecule has 158 valence electrons. The van der Waals surface area contributed by atoms with Gasteiger partial charge in [-0.05, 0) is 56.9 Å². The predicted molar refractivity (Wildman–Crippen MR) is 111 cm³/mol. The van der Waals surface area contributed by atoms with Gasteiger partial charge < -0.3 is 18.1 Å². The molecule has 3 aromatic rings. The van der Waals surface area contributed by atoms with E-state index in [0.717, 1.165) is 37.3 Å². The van der Waals surface area contributed by atoms with Gasteiger partial charge >= 0.3 is 15.7 Å². The smallest absolute Gasteiger partial charge is 0.340 e. The fraction of sp³-hybridized carbons (Fsp3) is 0.318. The molecule has 1 saturated carbocycles. The van der Waals surface area contributed by atoms with Gasteiger partial charge in [-0.25, -0.2) is 4.79 Å². The molecule has 1 fully saturated rings. The van der Waals surface area contributed by atoms with Crippen molar-refractivity contribution in [2.24, 2.45) is 0 Å². The van der Waals surface area contributed by atoms with E-state index in [4.69, 9.17) is 18.1 Å². The van der Waals surface area contributed by atoms with E-state index in [0.29, 0.717) is 11.1 Å². The summed E-state index contributed by atoms with van der Waals surface area (Å²) in [4.78, 5) is 12.2. The van der Waals surface area contributed by atoms with Gasteiger partial charge in [0.15, 0.2) is 17.1 Å². The molecule has 0 amide bonds. The molecule has 1 aromatic heterocycles. The van der Waals surface area contributed by atoms with Gasteiger partial charge in [-0.2, -0.15) is 8.42 Å². The number of hydrogen-bond acceptors (Lipinski definition) is 7. The Morgan fingerprint density at radius 3 is 2.37 bits per heavy atom. The van der Waals surface area contributed by atoms with Crippen molar-refractivity contribution >= 4 is 21.1 Å². The van der Waals surface area contributed by atoms with E-state index in [2.05, 4.69) is 0 Å². The van der Waals surface area contributed by atoms with Gasteiger partial charge in [0, 0.05) is 0 Å². The first kappa shape index (κ1) is 20.3. The Morgan fingerprint density at radius 1 is 1.00 bits per heavy atom. The summed E-state index contributed by atoms with van der Waals surface area (Å²) < 4.78 is 47.7. The molecule has 0 aliphatic heterocycles. The minimum atomic E-state index is -4.14. The van der Waals surface area contributed by atoms with Gasteiger partial charge in [0.25, 0.3) is 0 Å². The molecule has 0 saturated heterocycles. The molecule has 0 radical (unpaired) electrons. The van der Waals surface area contributed by atoms with E-state index in [1.54, 1.807) is 24.3 Å². The van der Waals surface area contributed by atoms with Gasteiger partial charge in [-0.15, -0.1) is 0 Å². The maximum absolute atomic E-state index is 12.7. The monoisotopic (exact) mass is 430 g/mol. The van der Waals surface area contributed by atoms with Crippen molar-refractivity contribution < 1.29 is 26.5 Å². The molecule has 1 aliphatic carbocycles. The minimum Gasteiger partial charge on any atom is -0.493 e. The molecule has 0 N–H and O–H groups in total. The van der Waals surface area contributed by atoms with Crippen molar-refractivity contribution in [1.29, 1.82) is 0 Å². The molecular weight excluding hydrogens is 408 g/mol. The molecule has 2 aromatic carbocycles. The third kappa shape index (κ3) is 4.00. The van der Waals surface area contributed by atoms with Crippen LogP contribution in [0.5, 0.6) is 17.2 Å². The lowest BCUT2D eigenvalue weighted by Gasteiger charge is -2.17. The quantitative estimate of drug-likeness (QED) is 0.427. The zero-order valence-corrected chi connectivity index (χ0v) is 17.5. The molecule has 7 nitrogen and oxygen atoms in total. The fourth-order valence-electron chi connectivity index (χ4n) is 3.54. The molecule has 8 heteroatoms. The molecule has 4 rings (SSSR count). The zero-order chi connectivity index (χ0) is 21.3. The second-order valence-electron chi connectivity index (χ2n) is 7.28. The summed E-state index contributed by atoms with van der Waals surface area (Å²) in [6.07, 6.45) is 3.88. The van der Waals surface area contributed by atoms with Crippen LogP contribution in [0, 0.1) is 6.92 Å². The number of hydrogen-bond donors (Lipinski definition) is 0. The first-order chi connectivity index (χ1) is 14.4. The minimum absolute atomic E-state index is 0.00886. The topological polar surface area (TPSA) is 92.0 Å². The van der Waals surface area contributed by atoms with Crippen LogP contribution in [0.3, 0.4) is 0 Å². The van der Waals surface area contributed by atoms with Crippen LogP contribution < -0.4 is 19.3 Å². The molecule has 0 atom stereocenters. The van der Waals surface area contributed by atoms with E-state index in [1.165, 1.54) is 19.2 Å². The third-order valence-corrected chi connectivity index (χ3v) is 6.36. The van der Waals surface area contributed by atoms with Crippen LogP contribution in [0.1, 0.15) is 31.2 Å². The van der Waals surface area contributed by atoms with Gasteiger partial charge in [0.2, 0.25) is 5.75 Å². The van der Waals surface area contributed by atoms with E-state index >= 15 is 0 Å². The van der Waals surface area contributed by atoms with Crippen molar-refractivity contribution in [2.45, 2.75) is 43.6 Å². The molecule has 0 bridgehead atoms. The van der Waals surface area contributed by atoms with Gasteiger partial charge in [0.05, 0.1) is 24.7 Å². The average Bonchev–Trinajstić information content (AvgIpc) is 3.21. The van der Waals surface area contributed by atoms with E-state index in [9.17, 15) is 13.2 Å². The summed E-state index contributed by atoms with van der Waals surface area (Å²) in [7, 11) is -2.65. The van der Waals surface area contributed by atoms with E-state index < -0.39 is 15.7 Å². The van der Waals surface area contributed by atoms with Crippen LogP contribution in [-0.4, -0.2) is 21.6 Å². The Bertz CT molecular complexity index is 1220. The Kier molecular flexibility index (Phi) is 5.42. The maximum atomic E-state index is 12.7. The van der Waals surface area contributed by atoms with Crippen LogP contribution >= 0.6 is 0 Å². The Labute approximate surface area is 174 Å². The van der Waals surface area contributed by atoms with Crippen molar-refractivity contribution in [3.63, 3.8) is 0 Å². The largest absolute Gasteiger partial charge is 0.493 e. The summed E-state index contributed by atoms with van der Waals surface area (Å²) in [6.45, 7) is 1.85. The number of ether oxygens (including phenoxy) is 2. The van der Waals surface area contributed by atoms with Crippen molar-refractivity contribution in [2.75, 3.05) is 7.11 Å². The Balaban J connectivity index is 1.80. The molecule has 0 unspecified atom stereocenters. The van der Waals surface area contributed by atoms with Crippen LogP contribution in [0.15, 0.2) is 56.6 Å². The molecule has 1 aliphatic rings. The number of fused-ring (bicyclic) bond motifs is 1. The van der Waals surface area contributed by atoms with Crippen molar-refractivity contribution in [3.05, 3.63) is 58.4 Å². The van der Waals surface area contributed by atoms with Gasteiger partial charge in [0.1, 0.15) is 4.90 Å². The second-order valence-corrected chi connectivity index (χ2v) is 8.82. The lowest BCUT2D eigenvalue weighted by molar-refractivity contribution is 0.200. The van der Waals surface area contributed by atoms with Crippen molar-refractivity contribution in [1.82, 2.24) is 0 Å². The first-order valence-corrected chi connectivity index (χ1v) is 11.1. The number of benzene rings is 2. The number of rotatable bonds is 6. The summed E-state index contributed by atoms with van der Waals surface area (Å²) in [5.74, 6) is 0.550. The molecular formula is C22H22O7S. The van der Waals surface area contributed by atoms with Crippen LogP contribution in [0.4, 0.5) is 0 Å². The molecule has 0 spiro atoms. The summed E-state index contributed by atoms with van der Waals surface area (Å²) in [5.41, 5.74) is 0.268. The highest BCUT2D eigenvalue weighted by molar-refractivity contribution is 7.87. The van der Waals surface area contributed by atoms with Gasteiger partial charge in [-0.1, -0.05) is 17.7 Å². The molecule has 30 heavy (non-hydrogen) atoms. The van der Waals surface area contributed by atoms with Crippen LogP contribution in [0.2, 0.25) is 0 Å². The lowest BCUT2D eigenvalue weighted by Crippen LogP contribution is -2.14. The normalized spacial score (nSPS) is 14.7. The number of aryl methyl sites for hydroxylation is 1. The molecule has 1 heterocycles. The first-order valence-electron chi connectivity index (χ1n) is 9.70. The third-order valence-electron chi connectivity index (χ3n) is 5.11. The van der Waals surface area contributed by atoms with Gasteiger partial charge in [-0.3, -0.25) is 0 Å². The lowest BCUT2D eigenvalue weighted by atomic mass is 10.2. The SMILES string of the molecule is COc1ccc2c(OS(=O)(=O)c3ccc(C)cc3)cc(=O)oc2c1OC1CCCC1. The summed E-state index contributed by atoms with van der Waals surface area (Å²) >= 11 is 0. The zero-order valence-electron chi connectivity index (χ0n) is 16.7. The Morgan fingerprint density at radius 2 is 1.70 bits per heavy atom. The summed E-state index contributed by atoms with van der Waals surface area (Å²) in [5, 5.41) is 0.305. The van der Waals surface area contributed by atoms with E-state index in [-0.39, 0.29) is 28.1 Å².